The lowest BCUT2D eigenvalue weighted by molar-refractivity contribution is -0.122. The van der Waals surface area contributed by atoms with Crippen LogP contribution in [-0.2, 0) is 16.1 Å². The number of ether oxygens (including phenoxy) is 1. The first-order chi connectivity index (χ1) is 16.5. The Morgan fingerprint density at radius 1 is 1.03 bits per heavy atom. The predicted molar refractivity (Wildman–Crippen MR) is 126 cm³/mol. The third kappa shape index (κ3) is 4.91. The first-order valence-corrected chi connectivity index (χ1v) is 10.8. The number of hydrogen-bond donors (Lipinski definition) is 2. The van der Waals surface area contributed by atoms with Gasteiger partial charge in [0.05, 0.1) is 30.0 Å². The number of halogens is 1. The zero-order valence-corrected chi connectivity index (χ0v) is 18.6. The molecule has 3 amide bonds. The number of nitrogens with one attached hydrogen (secondary N) is 2. The minimum Gasteiger partial charge on any atom is -0.496 e. The lowest BCUT2D eigenvalue weighted by atomic mass is 10.1. The largest absolute Gasteiger partial charge is 0.496 e. The van der Waals surface area contributed by atoms with Crippen LogP contribution in [0, 0.1) is 11.7 Å². The van der Waals surface area contributed by atoms with Crippen molar-refractivity contribution in [1.82, 2.24) is 5.32 Å². The normalized spacial score (nSPS) is 15.2. The van der Waals surface area contributed by atoms with Crippen molar-refractivity contribution in [3.8, 4) is 5.75 Å². The molecular weight excluding hydrogens is 437 g/mol. The van der Waals surface area contributed by atoms with Gasteiger partial charge in [0.25, 0.3) is 5.91 Å². The Hall–Kier alpha value is -4.20. The van der Waals surface area contributed by atoms with E-state index >= 15 is 0 Å². The van der Waals surface area contributed by atoms with Gasteiger partial charge in [0.15, 0.2) is 0 Å². The van der Waals surface area contributed by atoms with Crippen LogP contribution in [0.5, 0.6) is 5.75 Å². The van der Waals surface area contributed by atoms with Crippen LogP contribution in [0.15, 0.2) is 72.8 Å². The Balaban J connectivity index is 1.44. The molecule has 2 N–H and O–H groups in total. The summed E-state index contributed by atoms with van der Waals surface area (Å²) in [6.45, 7) is 0.313. The molecule has 0 aliphatic carbocycles. The molecule has 0 aromatic heterocycles. The van der Waals surface area contributed by atoms with Gasteiger partial charge in [-0.3, -0.25) is 14.4 Å². The van der Waals surface area contributed by atoms with Crippen molar-refractivity contribution in [1.29, 1.82) is 0 Å². The highest BCUT2D eigenvalue weighted by atomic mass is 19.1. The van der Waals surface area contributed by atoms with Gasteiger partial charge in [0, 0.05) is 25.1 Å². The molecule has 1 heterocycles. The Morgan fingerprint density at radius 3 is 2.53 bits per heavy atom. The third-order valence-electron chi connectivity index (χ3n) is 5.70. The van der Waals surface area contributed by atoms with Crippen molar-refractivity contribution in [3.63, 3.8) is 0 Å². The van der Waals surface area contributed by atoms with Crippen LogP contribution in [-0.4, -0.2) is 31.4 Å². The van der Waals surface area contributed by atoms with Gasteiger partial charge in [-0.05, 0) is 30.3 Å². The van der Waals surface area contributed by atoms with E-state index in [0.29, 0.717) is 17.0 Å². The quantitative estimate of drug-likeness (QED) is 0.561. The number of methoxy groups -OCH3 is 1. The first-order valence-electron chi connectivity index (χ1n) is 10.8. The average Bonchev–Trinajstić information content (AvgIpc) is 3.24. The summed E-state index contributed by atoms with van der Waals surface area (Å²) in [6.07, 6.45) is -0.0394. The summed E-state index contributed by atoms with van der Waals surface area (Å²) in [7, 11) is 1.56. The van der Waals surface area contributed by atoms with Crippen molar-refractivity contribution < 1.29 is 23.5 Å². The van der Waals surface area contributed by atoms with Crippen molar-refractivity contribution in [2.45, 2.75) is 13.0 Å². The van der Waals surface area contributed by atoms with Crippen LogP contribution in [0.4, 0.5) is 15.8 Å². The lowest BCUT2D eigenvalue weighted by Gasteiger charge is -2.18. The molecule has 0 spiro atoms. The molecule has 7 nitrogen and oxygen atoms in total. The van der Waals surface area contributed by atoms with Crippen molar-refractivity contribution >= 4 is 29.1 Å². The molecule has 3 aromatic rings. The molecule has 1 atom stereocenters. The summed E-state index contributed by atoms with van der Waals surface area (Å²) in [5, 5.41) is 5.60. The average molecular weight is 461 g/mol. The molecule has 0 radical (unpaired) electrons. The number of anilines is 2. The molecule has 174 valence electrons. The molecule has 1 aliphatic rings. The van der Waals surface area contributed by atoms with E-state index in [0.717, 1.165) is 5.56 Å². The molecule has 1 fully saturated rings. The SMILES string of the molecule is COc1ccccc1CNC(=O)c1ccccc1NC(=O)[C@H]1CC(=O)N(c2ccccc2F)C1. The summed E-state index contributed by atoms with van der Waals surface area (Å²) in [5.74, 6) is -1.62. The Labute approximate surface area is 196 Å². The zero-order valence-electron chi connectivity index (χ0n) is 18.6. The van der Waals surface area contributed by atoms with Crippen molar-refractivity contribution in [2.75, 3.05) is 23.9 Å². The summed E-state index contributed by atoms with van der Waals surface area (Å²) >= 11 is 0. The molecule has 0 unspecified atom stereocenters. The molecule has 3 aromatic carbocycles. The number of para-hydroxylation sites is 3. The second-order valence-corrected chi connectivity index (χ2v) is 7.89. The van der Waals surface area contributed by atoms with E-state index in [-0.39, 0.29) is 37.0 Å². The van der Waals surface area contributed by atoms with E-state index in [9.17, 15) is 18.8 Å². The summed E-state index contributed by atoms with van der Waals surface area (Å²) in [6, 6.07) is 20.0. The summed E-state index contributed by atoms with van der Waals surface area (Å²) < 4.78 is 19.4. The molecule has 0 bridgehead atoms. The summed E-state index contributed by atoms with van der Waals surface area (Å²) in [4.78, 5) is 39.5. The number of rotatable bonds is 7. The topological polar surface area (TPSA) is 87.7 Å². The van der Waals surface area contributed by atoms with Gasteiger partial charge >= 0.3 is 0 Å². The maximum absolute atomic E-state index is 14.1. The Morgan fingerprint density at radius 2 is 1.74 bits per heavy atom. The number of hydrogen-bond acceptors (Lipinski definition) is 4. The lowest BCUT2D eigenvalue weighted by Crippen LogP contribution is -2.30. The molecule has 1 saturated heterocycles. The second kappa shape index (κ2) is 10.2. The van der Waals surface area contributed by atoms with Crippen LogP contribution in [0.25, 0.3) is 0 Å². The van der Waals surface area contributed by atoms with E-state index in [4.69, 9.17) is 4.74 Å². The maximum atomic E-state index is 14.1. The van der Waals surface area contributed by atoms with E-state index in [1.54, 1.807) is 43.5 Å². The molecule has 1 aliphatic heterocycles. The zero-order chi connectivity index (χ0) is 24.1. The molecule has 34 heavy (non-hydrogen) atoms. The molecule has 0 saturated carbocycles. The van der Waals surface area contributed by atoms with Gasteiger partial charge in [-0.1, -0.05) is 42.5 Å². The van der Waals surface area contributed by atoms with Gasteiger partial charge < -0.3 is 20.3 Å². The minimum absolute atomic E-state index is 0.0394. The maximum Gasteiger partial charge on any atom is 0.253 e. The third-order valence-corrected chi connectivity index (χ3v) is 5.70. The summed E-state index contributed by atoms with van der Waals surface area (Å²) in [5.41, 5.74) is 1.60. The Kier molecular flexibility index (Phi) is 6.87. The van der Waals surface area contributed by atoms with Crippen molar-refractivity contribution in [3.05, 3.63) is 89.7 Å². The standard InChI is InChI=1S/C26H24FN3O4/c1-34-23-13-7-2-8-17(23)15-28-26(33)19-9-3-5-11-21(19)29-25(32)18-14-24(31)30(16-18)22-12-6-4-10-20(22)27/h2-13,18H,14-16H2,1H3,(H,28,33)(H,29,32)/t18-/m0/s1. The highest BCUT2D eigenvalue weighted by Gasteiger charge is 2.36. The number of carbonyl (C=O) groups excluding carboxylic acids is 3. The highest BCUT2D eigenvalue weighted by Crippen LogP contribution is 2.28. The van der Waals surface area contributed by atoms with Gasteiger partial charge in [0.1, 0.15) is 11.6 Å². The van der Waals surface area contributed by atoms with Crippen LogP contribution >= 0.6 is 0 Å². The van der Waals surface area contributed by atoms with Crippen LogP contribution in [0.3, 0.4) is 0 Å². The van der Waals surface area contributed by atoms with E-state index < -0.39 is 17.6 Å². The van der Waals surface area contributed by atoms with E-state index in [1.807, 2.05) is 24.3 Å². The van der Waals surface area contributed by atoms with Gasteiger partial charge in [-0.15, -0.1) is 0 Å². The fourth-order valence-corrected chi connectivity index (χ4v) is 3.93. The monoisotopic (exact) mass is 461 g/mol. The second-order valence-electron chi connectivity index (χ2n) is 7.89. The Bertz CT molecular complexity index is 1230. The van der Waals surface area contributed by atoms with E-state index in [2.05, 4.69) is 10.6 Å². The van der Waals surface area contributed by atoms with Crippen molar-refractivity contribution in [2.24, 2.45) is 5.92 Å². The van der Waals surface area contributed by atoms with Gasteiger partial charge in [-0.25, -0.2) is 4.39 Å². The van der Waals surface area contributed by atoms with Crippen LogP contribution in [0.1, 0.15) is 22.3 Å². The number of amides is 3. The molecule has 4 rings (SSSR count). The smallest absolute Gasteiger partial charge is 0.253 e. The van der Waals surface area contributed by atoms with Gasteiger partial charge in [0.2, 0.25) is 11.8 Å². The fourth-order valence-electron chi connectivity index (χ4n) is 3.93. The number of nitrogens with zero attached hydrogens (tertiary/aromatic N) is 1. The van der Waals surface area contributed by atoms with Crippen LogP contribution < -0.4 is 20.3 Å². The minimum atomic E-state index is -0.670. The molecular formula is C26H24FN3O4. The van der Waals surface area contributed by atoms with Crippen LogP contribution in [0.2, 0.25) is 0 Å². The fraction of sp³-hybridized carbons (Fsp3) is 0.192. The predicted octanol–water partition coefficient (Wildman–Crippen LogP) is 3.76. The molecule has 8 heteroatoms. The highest BCUT2D eigenvalue weighted by molar-refractivity contribution is 6.07. The first kappa shape index (κ1) is 23.0. The number of benzene rings is 3. The van der Waals surface area contributed by atoms with E-state index in [1.165, 1.54) is 17.0 Å². The number of carbonyl (C=O) groups is 3. The van der Waals surface area contributed by atoms with Gasteiger partial charge in [-0.2, -0.15) is 0 Å².